The molecule has 0 radical (unpaired) electrons. The van der Waals surface area contributed by atoms with Gasteiger partial charge in [0.2, 0.25) is 0 Å². The smallest absolute Gasteiger partial charge is 0.310 e. The molecule has 0 spiro atoms. The maximum atomic E-state index is 11.1. The van der Waals surface area contributed by atoms with Crippen LogP contribution < -0.4 is 0 Å². The molecule has 84 valence electrons. The van der Waals surface area contributed by atoms with E-state index in [1.54, 1.807) is 0 Å². The molecule has 0 atom stereocenters. The van der Waals surface area contributed by atoms with E-state index in [2.05, 4.69) is 4.90 Å². The van der Waals surface area contributed by atoms with Crippen molar-refractivity contribution in [3.05, 3.63) is 0 Å². The number of Topliss-reactive ketones (excluding diaryl/α,β-unsaturated/α-hetero) is 1. The zero-order chi connectivity index (χ0) is 10.9. The average molecular weight is 211 g/mol. The molecule has 1 saturated carbocycles. The normalized spacial score (nSPS) is 25.2. The van der Waals surface area contributed by atoms with Crippen molar-refractivity contribution in [1.82, 2.24) is 4.90 Å². The topological polar surface area (TPSA) is 57.6 Å². The predicted molar refractivity (Wildman–Crippen MR) is 54.6 cm³/mol. The van der Waals surface area contributed by atoms with Gasteiger partial charge in [-0.1, -0.05) is 0 Å². The maximum absolute atomic E-state index is 11.1. The summed E-state index contributed by atoms with van der Waals surface area (Å²) in [6.07, 6.45) is 3.57. The number of nitrogens with zero attached hydrogens (tertiary/aromatic N) is 1. The summed E-state index contributed by atoms with van der Waals surface area (Å²) in [5.41, 5.74) is -0.723. The minimum absolute atomic E-state index is 0.0961. The van der Waals surface area contributed by atoms with Crippen LogP contribution in [0.4, 0.5) is 0 Å². The van der Waals surface area contributed by atoms with Crippen molar-refractivity contribution in [1.29, 1.82) is 0 Å². The molecule has 0 unspecified atom stereocenters. The molecule has 4 heteroatoms. The van der Waals surface area contributed by atoms with E-state index in [0.717, 1.165) is 19.6 Å². The molecule has 0 aromatic heterocycles. The molecule has 2 rings (SSSR count). The molecule has 1 saturated heterocycles. The molecule has 0 aromatic rings. The predicted octanol–water partition coefficient (Wildman–Crippen LogP) is 0.906. The third kappa shape index (κ3) is 2.04. The number of aliphatic carboxylic acids is 1. The van der Waals surface area contributed by atoms with Gasteiger partial charge in [-0.2, -0.15) is 0 Å². The number of likely N-dealkylation sites (tertiary alicyclic amines) is 1. The van der Waals surface area contributed by atoms with Crippen LogP contribution in [-0.2, 0) is 9.59 Å². The lowest BCUT2D eigenvalue weighted by molar-refractivity contribution is -0.161. The standard InChI is InChI=1S/C11H17NO3/c13-9-7-11(8-9,10(14)15)3-6-12-4-1-2-5-12/h1-8H2,(H,14,15). The van der Waals surface area contributed by atoms with E-state index >= 15 is 0 Å². The Morgan fingerprint density at radius 2 is 1.93 bits per heavy atom. The van der Waals surface area contributed by atoms with Gasteiger partial charge >= 0.3 is 5.97 Å². The van der Waals surface area contributed by atoms with Crippen molar-refractivity contribution < 1.29 is 14.7 Å². The van der Waals surface area contributed by atoms with E-state index < -0.39 is 11.4 Å². The van der Waals surface area contributed by atoms with Crippen LogP contribution in [-0.4, -0.2) is 41.4 Å². The summed E-state index contributed by atoms with van der Waals surface area (Å²) in [5, 5.41) is 9.10. The van der Waals surface area contributed by atoms with Crippen molar-refractivity contribution in [3.63, 3.8) is 0 Å². The first-order chi connectivity index (χ1) is 7.12. The Morgan fingerprint density at radius 3 is 2.40 bits per heavy atom. The first-order valence-electron chi connectivity index (χ1n) is 5.60. The number of carbonyl (C=O) groups is 2. The third-order valence-corrected chi connectivity index (χ3v) is 3.63. The second-order valence-corrected chi connectivity index (χ2v) is 4.78. The lowest BCUT2D eigenvalue weighted by Gasteiger charge is -2.37. The van der Waals surface area contributed by atoms with Crippen LogP contribution in [0.5, 0.6) is 0 Å². The van der Waals surface area contributed by atoms with E-state index in [1.807, 2.05) is 0 Å². The van der Waals surface area contributed by atoms with Crippen molar-refractivity contribution in [2.75, 3.05) is 19.6 Å². The zero-order valence-electron chi connectivity index (χ0n) is 8.87. The minimum Gasteiger partial charge on any atom is -0.481 e. The highest BCUT2D eigenvalue weighted by molar-refractivity contribution is 5.96. The van der Waals surface area contributed by atoms with Gasteiger partial charge in [0, 0.05) is 12.8 Å². The molecular formula is C11H17NO3. The van der Waals surface area contributed by atoms with Crippen LogP contribution in [0.2, 0.25) is 0 Å². The Labute approximate surface area is 89.3 Å². The van der Waals surface area contributed by atoms with Crippen LogP contribution in [0.15, 0.2) is 0 Å². The van der Waals surface area contributed by atoms with Gasteiger partial charge in [0.05, 0.1) is 5.41 Å². The van der Waals surface area contributed by atoms with Gasteiger partial charge in [0.25, 0.3) is 0 Å². The van der Waals surface area contributed by atoms with E-state index in [0.29, 0.717) is 6.42 Å². The SMILES string of the molecule is O=C1CC(CCN2CCCC2)(C(=O)O)C1. The summed E-state index contributed by atoms with van der Waals surface area (Å²) in [7, 11) is 0. The molecule has 4 nitrogen and oxygen atoms in total. The number of hydrogen-bond donors (Lipinski definition) is 1. The van der Waals surface area contributed by atoms with E-state index in [-0.39, 0.29) is 18.6 Å². The van der Waals surface area contributed by atoms with Gasteiger partial charge in [-0.25, -0.2) is 0 Å². The monoisotopic (exact) mass is 211 g/mol. The summed E-state index contributed by atoms with van der Waals surface area (Å²) in [4.78, 5) is 24.3. The fourth-order valence-corrected chi connectivity index (χ4v) is 2.52. The minimum atomic E-state index is -0.790. The molecule has 1 N–H and O–H groups in total. The largest absolute Gasteiger partial charge is 0.481 e. The lowest BCUT2D eigenvalue weighted by Crippen LogP contribution is -2.46. The molecule has 1 aliphatic carbocycles. The molecular weight excluding hydrogens is 194 g/mol. The number of carbonyl (C=O) groups excluding carboxylic acids is 1. The molecule has 15 heavy (non-hydrogen) atoms. The Kier molecular flexibility index (Phi) is 2.78. The first kappa shape index (κ1) is 10.6. The van der Waals surface area contributed by atoms with Crippen molar-refractivity contribution in [3.8, 4) is 0 Å². The van der Waals surface area contributed by atoms with Crippen molar-refractivity contribution in [2.45, 2.75) is 32.1 Å². The zero-order valence-corrected chi connectivity index (χ0v) is 8.87. The van der Waals surface area contributed by atoms with E-state index in [1.165, 1.54) is 12.8 Å². The number of rotatable bonds is 4. The van der Waals surface area contributed by atoms with Crippen LogP contribution >= 0.6 is 0 Å². The quantitative estimate of drug-likeness (QED) is 0.750. The molecule has 2 aliphatic rings. The third-order valence-electron chi connectivity index (χ3n) is 3.63. The van der Waals surface area contributed by atoms with Crippen LogP contribution in [0.3, 0.4) is 0 Å². The lowest BCUT2D eigenvalue weighted by atomic mass is 9.66. The molecule has 1 heterocycles. The van der Waals surface area contributed by atoms with Crippen LogP contribution in [0.25, 0.3) is 0 Å². The fourth-order valence-electron chi connectivity index (χ4n) is 2.52. The number of ketones is 1. The highest BCUT2D eigenvalue weighted by atomic mass is 16.4. The Hall–Kier alpha value is -0.900. The second kappa shape index (κ2) is 3.93. The van der Waals surface area contributed by atoms with Gasteiger partial charge in [0.15, 0.2) is 0 Å². The molecule has 0 amide bonds. The van der Waals surface area contributed by atoms with Gasteiger partial charge in [-0.05, 0) is 38.9 Å². The highest BCUT2D eigenvalue weighted by Crippen LogP contribution is 2.41. The Bertz CT molecular complexity index is 274. The Morgan fingerprint density at radius 1 is 1.33 bits per heavy atom. The molecule has 1 aliphatic heterocycles. The number of carboxylic acids is 1. The van der Waals surface area contributed by atoms with Gasteiger partial charge in [0.1, 0.15) is 5.78 Å². The first-order valence-corrected chi connectivity index (χ1v) is 5.60. The van der Waals surface area contributed by atoms with Crippen molar-refractivity contribution >= 4 is 11.8 Å². The van der Waals surface area contributed by atoms with Crippen LogP contribution in [0, 0.1) is 5.41 Å². The summed E-state index contributed by atoms with van der Waals surface area (Å²) < 4.78 is 0. The maximum Gasteiger partial charge on any atom is 0.310 e. The van der Waals surface area contributed by atoms with Gasteiger partial charge in [-0.3, -0.25) is 9.59 Å². The van der Waals surface area contributed by atoms with E-state index in [4.69, 9.17) is 5.11 Å². The Balaban J connectivity index is 1.85. The molecule has 2 fully saturated rings. The highest BCUT2D eigenvalue weighted by Gasteiger charge is 2.49. The second-order valence-electron chi connectivity index (χ2n) is 4.78. The molecule has 0 bridgehead atoms. The van der Waals surface area contributed by atoms with Crippen molar-refractivity contribution in [2.24, 2.45) is 5.41 Å². The van der Waals surface area contributed by atoms with Gasteiger partial charge in [-0.15, -0.1) is 0 Å². The molecule has 0 aromatic carbocycles. The van der Waals surface area contributed by atoms with Gasteiger partial charge < -0.3 is 10.0 Å². The number of carboxylic acid groups (broad SMARTS) is 1. The summed E-state index contributed by atoms with van der Waals surface area (Å²) in [6.45, 7) is 3.01. The summed E-state index contributed by atoms with van der Waals surface area (Å²) in [6, 6.07) is 0. The fraction of sp³-hybridized carbons (Fsp3) is 0.818. The average Bonchev–Trinajstić information content (AvgIpc) is 2.62. The van der Waals surface area contributed by atoms with E-state index in [9.17, 15) is 9.59 Å². The number of hydrogen-bond acceptors (Lipinski definition) is 3. The summed E-state index contributed by atoms with van der Waals surface area (Å²) >= 11 is 0. The summed E-state index contributed by atoms with van der Waals surface area (Å²) in [5.74, 6) is -0.694. The van der Waals surface area contributed by atoms with Crippen LogP contribution in [0.1, 0.15) is 32.1 Å².